The molecule has 1 aliphatic carbocycles. The first-order valence-electron chi connectivity index (χ1n) is 7.14. The molecule has 0 bridgehead atoms. The van der Waals surface area contributed by atoms with Gasteiger partial charge in [0.05, 0.1) is 13.2 Å². The third-order valence-corrected chi connectivity index (χ3v) is 4.06. The van der Waals surface area contributed by atoms with Crippen molar-refractivity contribution in [1.82, 2.24) is 9.80 Å². The molecular weight excluding hydrogens is 214 g/mol. The minimum Gasteiger partial charge on any atom is -0.379 e. The molecule has 0 radical (unpaired) electrons. The van der Waals surface area contributed by atoms with Gasteiger partial charge in [-0.15, -0.1) is 0 Å². The molecule has 4 heteroatoms. The molecule has 2 rings (SSSR count). The van der Waals surface area contributed by atoms with Crippen molar-refractivity contribution >= 4 is 0 Å². The molecule has 0 spiro atoms. The predicted octanol–water partition coefficient (Wildman–Crippen LogP) is 0.522. The van der Waals surface area contributed by atoms with Gasteiger partial charge >= 0.3 is 0 Å². The van der Waals surface area contributed by atoms with Crippen LogP contribution in [0.5, 0.6) is 0 Å². The molecule has 4 nitrogen and oxygen atoms in total. The molecule has 1 saturated carbocycles. The Hall–Kier alpha value is -0.160. The fraction of sp³-hybridized carbons (Fsp3) is 1.00. The zero-order valence-corrected chi connectivity index (χ0v) is 10.9. The third kappa shape index (κ3) is 4.21. The zero-order valence-electron chi connectivity index (χ0n) is 10.9. The predicted molar refractivity (Wildman–Crippen MR) is 70.1 cm³/mol. The van der Waals surface area contributed by atoms with Crippen molar-refractivity contribution in [1.29, 1.82) is 0 Å². The highest BCUT2D eigenvalue weighted by molar-refractivity contribution is 4.81. The summed E-state index contributed by atoms with van der Waals surface area (Å²) in [5, 5.41) is 0. The maximum absolute atomic E-state index is 5.43. The van der Waals surface area contributed by atoms with Crippen molar-refractivity contribution < 1.29 is 4.74 Å². The lowest BCUT2D eigenvalue weighted by Gasteiger charge is -2.38. The van der Waals surface area contributed by atoms with Gasteiger partial charge in [0.25, 0.3) is 0 Å². The number of nitrogens with two attached hydrogens (primary N) is 1. The summed E-state index contributed by atoms with van der Waals surface area (Å²) in [6.07, 6.45) is 5.74. The van der Waals surface area contributed by atoms with Crippen LogP contribution in [0, 0.1) is 0 Å². The summed E-state index contributed by atoms with van der Waals surface area (Å²) in [5.74, 6) is 0. The fourth-order valence-electron chi connectivity index (χ4n) is 3.00. The van der Waals surface area contributed by atoms with E-state index in [0.29, 0.717) is 13.2 Å². The Kier molecular flexibility index (Phi) is 5.71. The molecule has 0 amide bonds. The molecule has 0 aromatic heterocycles. The maximum atomic E-state index is 5.43. The van der Waals surface area contributed by atoms with Crippen LogP contribution in [0.2, 0.25) is 0 Å². The van der Waals surface area contributed by atoms with Gasteiger partial charge in [-0.05, 0) is 12.8 Å². The number of hydrogen-bond donors (Lipinski definition) is 1. The van der Waals surface area contributed by atoms with Crippen LogP contribution in [0.3, 0.4) is 0 Å². The maximum Gasteiger partial charge on any atom is 0.0594 e. The SMILES string of the molecule is NCCOCCN1CCN(C2CCCC2)CC1. The van der Waals surface area contributed by atoms with Crippen LogP contribution in [0.1, 0.15) is 25.7 Å². The monoisotopic (exact) mass is 241 g/mol. The second-order valence-corrected chi connectivity index (χ2v) is 5.22. The number of piperazine rings is 1. The number of rotatable bonds is 6. The largest absolute Gasteiger partial charge is 0.379 e. The van der Waals surface area contributed by atoms with Gasteiger partial charge in [0, 0.05) is 45.3 Å². The Labute approximate surface area is 105 Å². The van der Waals surface area contributed by atoms with Crippen molar-refractivity contribution in [3.05, 3.63) is 0 Å². The average molecular weight is 241 g/mol. The van der Waals surface area contributed by atoms with Crippen molar-refractivity contribution in [2.24, 2.45) is 5.73 Å². The minimum absolute atomic E-state index is 0.634. The van der Waals surface area contributed by atoms with Gasteiger partial charge in [-0.3, -0.25) is 9.80 Å². The van der Waals surface area contributed by atoms with Gasteiger partial charge in [-0.25, -0.2) is 0 Å². The zero-order chi connectivity index (χ0) is 11.9. The van der Waals surface area contributed by atoms with Gasteiger partial charge in [0.1, 0.15) is 0 Å². The third-order valence-electron chi connectivity index (χ3n) is 4.06. The van der Waals surface area contributed by atoms with Crippen LogP contribution in [-0.2, 0) is 4.74 Å². The van der Waals surface area contributed by atoms with E-state index in [1.165, 1.54) is 51.9 Å². The summed E-state index contributed by atoms with van der Waals surface area (Å²) in [5.41, 5.74) is 5.39. The van der Waals surface area contributed by atoms with E-state index in [2.05, 4.69) is 9.80 Å². The molecule has 1 heterocycles. The summed E-state index contributed by atoms with van der Waals surface area (Å²) in [6.45, 7) is 8.16. The quantitative estimate of drug-likeness (QED) is 0.689. The van der Waals surface area contributed by atoms with Crippen LogP contribution >= 0.6 is 0 Å². The van der Waals surface area contributed by atoms with Crippen LogP contribution in [0.4, 0.5) is 0 Å². The summed E-state index contributed by atoms with van der Waals surface area (Å²) in [4.78, 5) is 5.21. The standard InChI is InChI=1S/C13H27N3O/c14-5-11-17-12-10-15-6-8-16(9-7-15)13-3-1-2-4-13/h13H,1-12,14H2. The summed E-state index contributed by atoms with van der Waals surface area (Å²) in [6, 6.07) is 0.894. The second kappa shape index (κ2) is 7.31. The van der Waals surface area contributed by atoms with Crippen LogP contribution in [-0.4, -0.2) is 68.3 Å². The molecule has 0 aromatic rings. The van der Waals surface area contributed by atoms with E-state index < -0.39 is 0 Å². The van der Waals surface area contributed by atoms with Crippen molar-refractivity contribution in [2.75, 3.05) is 52.5 Å². The van der Waals surface area contributed by atoms with Crippen LogP contribution < -0.4 is 5.73 Å². The first-order chi connectivity index (χ1) is 8.40. The Bertz CT molecular complexity index is 199. The minimum atomic E-state index is 0.634. The molecule has 2 aliphatic rings. The van der Waals surface area contributed by atoms with Crippen LogP contribution in [0.25, 0.3) is 0 Å². The smallest absolute Gasteiger partial charge is 0.0594 e. The highest BCUT2D eigenvalue weighted by atomic mass is 16.5. The van der Waals surface area contributed by atoms with E-state index in [-0.39, 0.29) is 0 Å². The lowest BCUT2D eigenvalue weighted by Crippen LogP contribution is -2.50. The first-order valence-corrected chi connectivity index (χ1v) is 7.14. The lowest BCUT2D eigenvalue weighted by molar-refractivity contribution is 0.0640. The Morgan fingerprint density at radius 3 is 2.35 bits per heavy atom. The van der Waals surface area contributed by atoms with Crippen molar-refractivity contribution in [3.8, 4) is 0 Å². The van der Waals surface area contributed by atoms with E-state index >= 15 is 0 Å². The van der Waals surface area contributed by atoms with Gasteiger partial charge in [0.15, 0.2) is 0 Å². The van der Waals surface area contributed by atoms with Crippen molar-refractivity contribution in [3.63, 3.8) is 0 Å². The Morgan fingerprint density at radius 1 is 1.00 bits per heavy atom. The number of hydrogen-bond acceptors (Lipinski definition) is 4. The molecule has 2 N–H and O–H groups in total. The van der Waals surface area contributed by atoms with Crippen molar-refractivity contribution in [2.45, 2.75) is 31.7 Å². The topological polar surface area (TPSA) is 41.7 Å². The highest BCUT2D eigenvalue weighted by Crippen LogP contribution is 2.24. The molecule has 2 fully saturated rings. The van der Waals surface area contributed by atoms with E-state index in [1.54, 1.807) is 0 Å². The molecule has 100 valence electrons. The summed E-state index contributed by atoms with van der Waals surface area (Å²) >= 11 is 0. The fourth-order valence-corrected chi connectivity index (χ4v) is 3.00. The number of ether oxygens (including phenoxy) is 1. The van der Waals surface area contributed by atoms with E-state index in [1.807, 2.05) is 0 Å². The Morgan fingerprint density at radius 2 is 1.71 bits per heavy atom. The molecule has 0 atom stereocenters. The number of nitrogens with zero attached hydrogens (tertiary/aromatic N) is 2. The van der Waals surface area contributed by atoms with Crippen LogP contribution in [0.15, 0.2) is 0 Å². The molecule has 1 aliphatic heterocycles. The highest BCUT2D eigenvalue weighted by Gasteiger charge is 2.25. The van der Waals surface area contributed by atoms with E-state index in [0.717, 1.165) is 19.2 Å². The molecule has 1 saturated heterocycles. The summed E-state index contributed by atoms with van der Waals surface area (Å²) in [7, 11) is 0. The van der Waals surface area contributed by atoms with E-state index in [4.69, 9.17) is 10.5 Å². The van der Waals surface area contributed by atoms with Gasteiger partial charge in [0.2, 0.25) is 0 Å². The van der Waals surface area contributed by atoms with Gasteiger partial charge in [-0.2, -0.15) is 0 Å². The van der Waals surface area contributed by atoms with Gasteiger partial charge in [-0.1, -0.05) is 12.8 Å². The molecule has 0 aromatic carbocycles. The normalized spacial score (nSPS) is 24.5. The molecule has 17 heavy (non-hydrogen) atoms. The summed E-state index contributed by atoms with van der Waals surface area (Å²) < 4.78 is 5.43. The van der Waals surface area contributed by atoms with Gasteiger partial charge < -0.3 is 10.5 Å². The Balaban J connectivity index is 1.57. The molecular formula is C13H27N3O. The lowest BCUT2D eigenvalue weighted by atomic mass is 10.2. The first kappa shape index (κ1) is 13.3. The second-order valence-electron chi connectivity index (χ2n) is 5.22. The molecule has 0 unspecified atom stereocenters. The van der Waals surface area contributed by atoms with E-state index in [9.17, 15) is 0 Å². The average Bonchev–Trinajstić information content (AvgIpc) is 2.89.